The average molecular weight is 525 g/mol. The quantitative estimate of drug-likeness (QED) is 0.109. The number of nitriles is 3. The summed E-state index contributed by atoms with van der Waals surface area (Å²) in [5.41, 5.74) is 0.341. The Morgan fingerprint density at radius 3 is 1.82 bits per heavy atom. The Labute approximate surface area is 204 Å². The first-order valence-corrected chi connectivity index (χ1v) is 21.4. The van der Waals surface area contributed by atoms with Gasteiger partial charge in [0.1, 0.15) is 0 Å². The fraction of sp³-hybridized carbons (Fsp3) is 0.714. The third-order valence-electron chi connectivity index (χ3n) is 4.67. The second-order valence-electron chi connectivity index (χ2n) is 9.20. The minimum Gasteiger partial charge on any atom is -0.462 e. The van der Waals surface area contributed by atoms with Crippen LogP contribution in [0.5, 0.6) is 0 Å². The van der Waals surface area contributed by atoms with Crippen molar-refractivity contribution in [1.82, 2.24) is 0 Å². The SMILES string of the molecule is C=C(C)C(=O)OCCC[Si](O[Si](C)CCC#N)(O[Si](C)(C)CCC#N)O[Si](C)(C)CCC#N. The molecule has 8 nitrogen and oxygen atoms in total. The summed E-state index contributed by atoms with van der Waals surface area (Å²) in [7, 11) is -9.25. The maximum absolute atomic E-state index is 11.8. The fourth-order valence-electron chi connectivity index (χ4n) is 3.00. The predicted octanol–water partition coefficient (Wildman–Crippen LogP) is 5.26. The van der Waals surface area contributed by atoms with Crippen LogP contribution in [0.2, 0.25) is 56.9 Å². The molecule has 0 heterocycles. The first-order chi connectivity index (χ1) is 15.3. The van der Waals surface area contributed by atoms with E-state index < -0.39 is 40.4 Å². The van der Waals surface area contributed by atoms with Gasteiger partial charge in [-0.2, -0.15) is 15.8 Å². The summed E-state index contributed by atoms with van der Waals surface area (Å²) in [4.78, 5) is 11.8. The van der Waals surface area contributed by atoms with Crippen molar-refractivity contribution in [2.24, 2.45) is 0 Å². The lowest BCUT2D eigenvalue weighted by atomic mass is 10.4. The van der Waals surface area contributed by atoms with E-state index in [4.69, 9.17) is 32.9 Å². The van der Waals surface area contributed by atoms with Crippen LogP contribution in [0, 0.1) is 34.0 Å². The zero-order valence-corrected chi connectivity index (χ0v) is 25.0. The van der Waals surface area contributed by atoms with Crippen LogP contribution in [-0.4, -0.2) is 47.1 Å². The molecule has 1 radical (unpaired) electrons. The summed E-state index contributed by atoms with van der Waals surface area (Å²) in [6.07, 6.45) is 1.70. The van der Waals surface area contributed by atoms with Crippen molar-refractivity contribution in [2.45, 2.75) is 89.5 Å². The second kappa shape index (κ2) is 15.4. The van der Waals surface area contributed by atoms with Gasteiger partial charge < -0.3 is 17.1 Å². The van der Waals surface area contributed by atoms with Crippen molar-refractivity contribution < 1.29 is 21.9 Å². The van der Waals surface area contributed by atoms with Gasteiger partial charge in [0.05, 0.1) is 24.8 Å². The summed E-state index contributed by atoms with van der Waals surface area (Å²) < 4.78 is 25.4. The van der Waals surface area contributed by atoms with Crippen LogP contribution in [0.1, 0.15) is 32.6 Å². The maximum Gasteiger partial charge on any atom is 0.469 e. The smallest absolute Gasteiger partial charge is 0.462 e. The number of hydrogen-bond donors (Lipinski definition) is 0. The van der Waals surface area contributed by atoms with E-state index >= 15 is 0 Å². The highest BCUT2D eigenvalue weighted by molar-refractivity contribution is 6.88. The number of ether oxygens (including phenoxy) is 1. The van der Waals surface area contributed by atoms with Gasteiger partial charge in [-0.15, -0.1) is 0 Å². The molecule has 12 heteroatoms. The van der Waals surface area contributed by atoms with Gasteiger partial charge in [-0.25, -0.2) is 4.79 Å². The lowest BCUT2D eigenvalue weighted by Crippen LogP contribution is -2.59. The van der Waals surface area contributed by atoms with Crippen molar-refractivity contribution in [3.05, 3.63) is 12.2 Å². The highest BCUT2D eigenvalue weighted by Crippen LogP contribution is 2.31. The third-order valence-corrected chi connectivity index (χ3v) is 19.0. The number of carbonyl (C=O) groups excluding carboxylic acids is 1. The predicted molar refractivity (Wildman–Crippen MR) is 136 cm³/mol. The molecule has 0 saturated carbocycles. The van der Waals surface area contributed by atoms with E-state index in [1.807, 2.05) is 6.55 Å². The van der Waals surface area contributed by atoms with Gasteiger partial charge in [0, 0.05) is 30.9 Å². The zero-order valence-electron chi connectivity index (χ0n) is 21.0. The molecule has 0 N–H and O–H groups in total. The molecule has 0 saturated heterocycles. The van der Waals surface area contributed by atoms with E-state index in [0.717, 1.165) is 0 Å². The average Bonchev–Trinajstić information content (AvgIpc) is 2.71. The van der Waals surface area contributed by atoms with Crippen LogP contribution in [0.4, 0.5) is 0 Å². The first-order valence-electron chi connectivity index (χ1n) is 11.2. The van der Waals surface area contributed by atoms with Crippen LogP contribution < -0.4 is 0 Å². The third kappa shape index (κ3) is 14.3. The van der Waals surface area contributed by atoms with E-state index in [-0.39, 0.29) is 6.61 Å². The number of nitrogens with zero attached hydrogens (tertiary/aromatic N) is 3. The maximum atomic E-state index is 11.8. The summed E-state index contributed by atoms with van der Waals surface area (Å²) in [5, 5.41) is 27.2. The largest absolute Gasteiger partial charge is 0.469 e. The normalized spacial score (nSPS) is 12.0. The lowest BCUT2D eigenvalue weighted by Gasteiger charge is -2.42. The van der Waals surface area contributed by atoms with Crippen molar-refractivity contribution in [3.63, 3.8) is 0 Å². The van der Waals surface area contributed by atoms with Crippen LogP contribution in [0.25, 0.3) is 0 Å². The number of rotatable bonds is 17. The standard InChI is InChI=1S/C21H38N3O5Si4/c1-20(2)21(25)26-15-11-19-33(27-30(3)16-8-12-22,28-31(4,5)17-9-13-23)29-32(6,7)18-10-14-24/h1,8-11,15-19H2,2-7H3. The molecular formula is C21H38N3O5Si4. The lowest BCUT2D eigenvalue weighted by molar-refractivity contribution is -0.139. The topological polar surface area (TPSA) is 125 Å². The van der Waals surface area contributed by atoms with E-state index in [1.54, 1.807) is 6.92 Å². The Bertz CT molecular complexity index is 739. The fourth-order valence-corrected chi connectivity index (χ4v) is 18.4. The van der Waals surface area contributed by atoms with Gasteiger partial charge >= 0.3 is 14.8 Å². The molecule has 0 unspecified atom stereocenters. The molecule has 0 aliphatic rings. The van der Waals surface area contributed by atoms with Crippen LogP contribution in [0.3, 0.4) is 0 Å². The van der Waals surface area contributed by atoms with Crippen LogP contribution in [-0.2, 0) is 21.9 Å². The first kappa shape index (κ1) is 31.4. The Hall–Kier alpha value is -1.57. The van der Waals surface area contributed by atoms with Gasteiger partial charge in [-0.1, -0.05) is 6.58 Å². The zero-order chi connectivity index (χ0) is 25.5. The van der Waals surface area contributed by atoms with E-state index in [1.165, 1.54) is 0 Å². The molecular weight excluding hydrogens is 487 g/mol. The van der Waals surface area contributed by atoms with Gasteiger partial charge in [0.25, 0.3) is 0 Å². The molecule has 0 bridgehead atoms. The van der Waals surface area contributed by atoms with Crippen molar-refractivity contribution in [1.29, 1.82) is 15.8 Å². The molecule has 0 aromatic carbocycles. The molecule has 0 aromatic rings. The van der Waals surface area contributed by atoms with Crippen molar-refractivity contribution >= 4 is 40.4 Å². The van der Waals surface area contributed by atoms with Gasteiger partial charge in [-0.05, 0) is 64.2 Å². The van der Waals surface area contributed by atoms with E-state index in [2.05, 4.69) is 51.0 Å². The second-order valence-corrected chi connectivity index (χ2v) is 23.5. The molecule has 0 amide bonds. The van der Waals surface area contributed by atoms with Crippen molar-refractivity contribution in [3.8, 4) is 18.2 Å². The Balaban J connectivity index is 5.90. The van der Waals surface area contributed by atoms with E-state index in [9.17, 15) is 4.79 Å². The summed E-state index contributed by atoms with van der Waals surface area (Å²) in [6, 6.07) is 8.98. The summed E-state index contributed by atoms with van der Waals surface area (Å²) in [5.74, 6) is -0.438. The molecule has 0 atom stereocenters. The Morgan fingerprint density at radius 1 is 0.909 bits per heavy atom. The van der Waals surface area contributed by atoms with E-state index in [0.29, 0.717) is 55.4 Å². The van der Waals surface area contributed by atoms with Crippen LogP contribution in [0.15, 0.2) is 12.2 Å². The molecule has 0 rings (SSSR count). The van der Waals surface area contributed by atoms with Gasteiger partial charge in [-0.3, -0.25) is 0 Å². The minimum atomic E-state index is -3.25. The van der Waals surface area contributed by atoms with Gasteiger partial charge in [0.15, 0.2) is 25.7 Å². The molecule has 183 valence electrons. The molecule has 0 aliphatic carbocycles. The van der Waals surface area contributed by atoms with Crippen LogP contribution >= 0.6 is 0 Å². The number of esters is 1. The van der Waals surface area contributed by atoms with Crippen molar-refractivity contribution in [2.75, 3.05) is 6.61 Å². The number of carbonyl (C=O) groups is 1. The highest BCUT2D eigenvalue weighted by Gasteiger charge is 2.50. The molecule has 0 aromatic heterocycles. The minimum absolute atomic E-state index is 0.195. The monoisotopic (exact) mass is 524 g/mol. The summed E-state index contributed by atoms with van der Waals surface area (Å²) >= 11 is 0. The molecule has 0 spiro atoms. The number of hydrogen-bond acceptors (Lipinski definition) is 8. The Kier molecular flexibility index (Phi) is 14.6. The molecule has 0 fully saturated rings. The summed E-state index contributed by atoms with van der Waals surface area (Å²) in [6.45, 7) is 15.6. The highest BCUT2D eigenvalue weighted by atomic mass is 28.5. The Morgan fingerprint density at radius 2 is 1.39 bits per heavy atom. The van der Waals surface area contributed by atoms with Gasteiger partial charge in [0.2, 0.25) is 0 Å². The molecule has 33 heavy (non-hydrogen) atoms. The molecule has 0 aliphatic heterocycles.